The van der Waals surface area contributed by atoms with E-state index in [4.69, 9.17) is 4.74 Å². The van der Waals surface area contributed by atoms with E-state index in [1.807, 2.05) is 31.2 Å². The maximum atomic E-state index is 13.1. The molecule has 1 unspecified atom stereocenters. The molecule has 0 aliphatic carbocycles. The standard InChI is InChI=1S/C26H24N2O4/c1-16(2)24(29)22-23(18-7-5-13-27-15-18)28(26(31)25(22)30)19-9-11-20(12-10-19)32-21-8-4-6-17(3)14-21/h4-16,23,30H,1-3H3. The van der Waals surface area contributed by atoms with Crippen LogP contribution in [0, 0.1) is 12.8 Å². The van der Waals surface area contributed by atoms with Gasteiger partial charge in [-0.3, -0.25) is 19.5 Å². The van der Waals surface area contributed by atoms with E-state index >= 15 is 0 Å². The third-order valence-electron chi connectivity index (χ3n) is 5.34. The van der Waals surface area contributed by atoms with E-state index in [1.54, 1.807) is 62.6 Å². The van der Waals surface area contributed by atoms with Gasteiger partial charge in [0.05, 0.1) is 11.6 Å². The van der Waals surface area contributed by atoms with E-state index in [-0.39, 0.29) is 17.3 Å². The smallest absolute Gasteiger partial charge is 0.294 e. The molecule has 0 saturated carbocycles. The Labute approximate surface area is 186 Å². The summed E-state index contributed by atoms with van der Waals surface area (Å²) < 4.78 is 5.90. The highest BCUT2D eigenvalue weighted by Crippen LogP contribution is 2.42. The Balaban J connectivity index is 1.70. The predicted molar refractivity (Wildman–Crippen MR) is 122 cm³/mol. The van der Waals surface area contributed by atoms with E-state index in [2.05, 4.69) is 4.98 Å². The number of aryl methyl sites for hydroxylation is 1. The van der Waals surface area contributed by atoms with Crippen LogP contribution in [0.25, 0.3) is 0 Å². The van der Waals surface area contributed by atoms with Crippen LogP contribution in [0.1, 0.15) is 31.0 Å². The van der Waals surface area contributed by atoms with Gasteiger partial charge in [-0.25, -0.2) is 0 Å². The van der Waals surface area contributed by atoms with Gasteiger partial charge < -0.3 is 9.84 Å². The number of nitrogens with zero attached hydrogens (tertiary/aromatic N) is 2. The molecule has 1 N–H and O–H groups in total. The number of carbonyl (C=O) groups is 2. The summed E-state index contributed by atoms with van der Waals surface area (Å²) in [5.41, 5.74) is 2.37. The number of aliphatic hydroxyl groups is 1. The quantitative estimate of drug-likeness (QED) is 0.576. The number of aliphatic hydroxyl groups excluding tert-OH is 1. The Bertz CT molecular complexity index is 1180. The van der Waals surface area contributed by atoms with Crippen LogP contribution in [0.3, 0.4) is 0 Å². The highest BCUT2D eigenvalue weighted by Gasteiger charge is 2.44. The highest BCUT2D eigenvalue weighted by molar-refractivity contribution is 6.16. The molecule has 162 valence electrons. The Morgan fingerprint density at radius 2 is 1.81 bits per heavy atom. The molecule has 3 aromatic rings. The lowest BCUT2D eigenvalue weighted by atomic mass is 9.92. The minimum absolute atomic E-state index is 0.0955. The molecule has 1 aliphatic rings. The molecular weight excluding hydrogens is 404 g/mol. The lowest BCUT2D eigenvalue weighted by Gasteiger charge is -2.27. The number of Topliss-reactive ketones (excluding diaryl/α,β-unsaturated/α-hetero) is 1. The number of pyridine rings is 1. The van der Waals surface area contributed by atoms with E-state index in [0.717, 1.165) is 5.56 Å². The maximum absolute atomic E-state index is 13.1. The van der Waals surface area contributed by atoms with E-state index in [0.29, 0.717) is 22.7 Å². The molecule has 6 heteroatoms. The lowest BCUT2D eigenvalue weighted by Crippen LogP contribution is -2.31. The van der Waals surface area contributed by atoms with Crippen molar-refractivity contribution in [2.45, 2.75) is 26.8 Å². The van der Waals surface area contributed by atoms with E-state index in [9.17, 15) is 14.7 Å². The summed E-state index contributed by atoms with van der Waals surface area (Å²) in [7, 11) is 0. The van der Waals surface area contributed by atoms with Crippen molar-refractivity contribution in [3.63, 3.8) is 0 Å². The number of anilines is 1. The molecule has 32 heavy (non-hydrogen) atoms. The summed E-state index contributed by atoms with van der Waals surface area (Å²) in [6.45, 7) is 5.48. The number of amides is 1. The van der Waals surface area contributed by atoms with E-state index in [1.165, 1.54) is 4.90 Å². The average molecular weight is 428 g/mol. The Morgan fingerprint density at radius 3 is 2.44 bits per heavy atom. The summed E-state index contributed by atoms with van der Waals surface area (Å²) >= 11 is 0. The van der Waals surface area contributed by atoms with Crippen molar-refractivity contribution in [3.05, 3.63) is 95.5 Å². The van der Waals surface area contributed by atoms with Crippen molar-refractivity contribution in [3.8, 4) is 11.5 Å². The first-order chi connectivity index (χ1) is 15.4. The number of rotatable bonds is 6. The minimum atomic E-state index is -0.755. The number of aromatic nitrogens is 1. The van der Waals surface area contributed by atoms with Crippen LogP contribution in [0.15, 0.2) is 84.4 Å². The SMILES string of the molecule is Cc1cccc(Oc2ccc(N3C(=O)C(O)=C(C(=O)C(C)C)C3c3cccnc3)cc2)c1. The van der Waals surface area contributed by atoms with Crippen molar-refractivity contribution in [2.75, 3.05) is 4.90 Å². The number of carbonyl (C=O) groups excluding carboxylic acids is 2. The molecule has 0 radical (unpaired) electrons. The van der Waals surface area contributed by atoms with Gasteiger partial charge in [-0.05, 0) is 60.5 Å². The molecule has 1 atom stereocenters. The molecule has 6 nitrogen and oxygen atoms in total. The van der Waals surface area contributed by atoms with Gasteiger partial charge in [0.2, 0.25) is 0 Å². The fourth-order valence-corrected chi connectivity index (χ4v) is 3.78. The second-order valence-corrected chi connectivity index (χ2v) is 8.06. The first-order valence-electron chi connectivity index (χ1n) is 10.4. The third kappa shape index (κ3) is 3.99. The molecule has 2 aromatic carbocycles. The first kappa shape index (κ1) is 21.3. The molecule has 0 saturated heterocycles. The van der Waals surface area contributed by atoms with Gasteiger partial charge in [0, 0.05) is 24.0 Å². The fraction of sp³-hybridized carbons (Fsp3) is 0.192. The molecule has 1 aromatic heterocycles. The summed E-state index contributed by atoms with van der Waals surface area (Å²) in [5, 5.41) is 10.6. The third-order valence-corrected chi connectivity index (χ3v) is 5.34. The largest absolute Gasteiger partial charge is 0.503 e. The fourth-order valence-electron chi connectivity index (χ4n) is 3.78. The number of hydrogen-bond acceptors (Lipinski definition) is 5. The van der Waals surface area contributed by atoms with Crippen LogP contribution >= 0.6 is 0 Å². The van der Waals surface area contributed by atoms with Crippen LogP contribution in [-0.4, -0.2) is 21.8 Å². The zero-order chi connectivity index (χ0) is 22.8. The molecule has 2 heterocycles. The first-order valence-corrected chi connectivity index (χ1v) is 10.4. The Morgan fingerprint density at radius 1 is 1.06 bits per heavy atom. The minimum Gasteiger partial charge on any atom is -0.503 e. The number of ketones is 1. The number of benzene rings is 2. The summed E-state index contributed by atoms with van der Waals surface area (Å²) in [5.74, 6) is -0.449. The van der Waals surface area contributed by atoms with Gasteiger partial charge in [-0.15, -0.1) is 0 Å². The van der Waals surface area contributed by atoms with Crippen molar-refractivity contribution in [1.29, 1.82) is 0 Å². The summed E-state index contributed by atoms with van der Waals surface area (Å²) in [6, 6.07) is 17.5. The number of hydrogen-bond donors (Lipinski definition) is 1. The maximum Gasteiger partial charge on any atom is 0.294 e. The molecule has 0 fully saturated rings. The van der Waals surface area contributed by atoms with Gasteiger partial charge in [0.25, 0.3) is 5.91 Å². The van der Waals surface area contributed by atoms with Crippen LogP contribution in [-0.2, 0) is 9.59 Å². The zero-order valence-corrected chi connectivity index (χ0v) is 18.1. The normalized spacial score (nSPS) is 16.1. The highest BCUT2D eigenvalue weighted by atomic mass is 16.5. The topological polar surface area (TPSA) is 79.7 Å². The Hall–Kier alpha value is -3.93. The van der Waals surface area contributed by atoms with Crippen LogP contribution < -0.4 is 9.64 Å². The van der Waals surface area contributed by atoms with Gasteiger partial charge >= 0.3 is 0 Å². The van der Waals surface area contributed by atoms with E-state index < -0.39 is 17.7 Å². The van der Waals surface area contributed by atoms with Gasteiger partial charge in [-0.2, -0.15) is 0 Å². The van der Waals surface area contributed by atoms with Crippen molar-refractivity contribution in [2.24, 2.45) is 5.92 Å². The van der Waals surface area contributed by atoms with Crippen molar-refractivity contribution < 1.29 is 19.4 Å². The molecule has 0 bridgehead atoms. The van der Waals surface area contributed by atoms with Gasteiger partial charge in [-0.1, -0.05) is 32.0 Å². The van der Waals surface area contributed by atoms with Gasteiger partial charge in [0.1, 0.15) is 11.5 Å². The molecule has 0 spiro atoms. The second-order valence-electron chi connectivity index (χ2n) is 8.06. The summed E-state index contributed by atoms with van der Waals surface area (Å²) in [4.78, 5) is 31.5. The second kappa shape index (κ2) is 8.67. The number of ether oxygens (including phenoxy) is 1. The Kier molecular flexibility index (Phi) is 5.77. The van der Waals surface area contributed by atoms with Crippen LogP contribution in [0.4, 0.5) is 5.69 Å². The molecule has 1 aliphatic heterocycles. The lowest BCUT2D eigenvalue weighted by molar-refractivity contribution is -0.119. The summed E-state index contributed by atoms with van der Waals surface area (Å²) in [6.07, 6.45) is 3.22. The zero-order valence-electron chi connectivity index (χ0n) is 18.1. The molecule has 1 amide bonds. The van der Waals surface area contributed by atoms with Crippen LogP contribution in [0.5, 0.6) is 11.5 Å². The van der Waals surface area contributed by atoms with Crippen molar-refractivity contribution in [1.82, 2.24) is 4.98 Å². The molecular formula is C26H24N2O4. The average Bonchev–Trinajstić information content (AvgIpc) is 3.05. The van der Waals surface area contributed by atoms with Crippen molar-refractivity contribution >= 4 is 17.4 Å². The van der Waals surface area contributed by atoms with Gasteiger partial charge in [0.15, 0.2) is 11.5 Å². The monoisotopic (exact) mass is 428 g/mol. The van der Waals surface area contributed by atoms with Crippen LogP contribution in [0.2, 0.25) is 0 Å². The molecule has 4 rings (SSSR count). The predicted octanol–water partition coefficient (Wildman–Crippen LogP) is 5.31.